The average Bonchev–Trinajstić information content (AvgIpc) is 2.02. The Balaban J connectivity index is 3.79. The molecule has 0 rings (SSSR count). The predicted molar refractivity (Wildman–Crippen MR) is 66.5 cm³/mol. The highest BCUT2D eigenvalue weighted by molar-refractivity contribution is 5.06. The lowest BCUT2D eigenvalue weighted by Crippen LogP contribution is -1.77. The average molecular weight is 192 g/mol. The zero-order chi connectivity index (χ0) is 11.0. The van der Waals surface area contributed by atoms with Crippen LogP contribution in [0.5, 0.6) is 0 Å². The van der Waals surface area contributed by atoms with Crippen molar-refractivity contribution in [2.75, 3.05) is 0 Å². The molecule has 0 saturated heterocycles. The van der Waals surface area contributed by atoms with Crippen molar-refractivity contribution in [1.29, 1.82) is 0 Å². The molecule has 0 unspecified atom stereocenters. The molecular weight excluding hydrogens is 168 g/mol. The van der Waals surface area contributed by atoms with Gasteiger partial charge in [0.1, 0.15) is 0 Å². The first-order valence-electron chi connectivity index (χ1n) is 5.44. The summed E-state index contributed by atoms with van der Waals surface area (Å²) in [6.45, 7) is 10.8. The van der Waals surface area contributed by atoms with E-state index in [9.17, 15) is 0 Å². The van der Waals surface area contributed by atoms with E-state index in [2.05, 4.69) is 52.8 Å². The quantitative estimate of drug-likeness (QED) is 0.536. The van der Waals surface area contributed by atoms with E-state index < -0.39 is 0 Å². The van der Waals surface area contributed by atoms with Gasteiger partial charge in [-0.1, -0.05) is 34.9 Å². The highest BCUT2D eigenvalue weighted by Crippen LogP contribution is 2.08. The second-order valence-electron chi connectivity index (χ2n) is 4.39. The Morgan fingerprint density at radius 2 is 1.36 bits per heavy atom. The van der Waals surface area contributed by atoms with Gasteiger partial charge in [-0.2, -0.15) is 0 Å². The first kappa shape index (κ1) is 13.2. The second-order valence-corrected chi connectivity index (χ2v) is 4.39. The van der Waals surface area contributed by atoms with Crippen LogP contribution in [0.4, 0.5) is 0 Å². The maximum atomic E-state index is 2.33. The van der Waals surface area contributed by atoms with Crippen molar-refractivity contribution < 1.29 is 0 Å². The maximum Gasteiger partial charge on any atom is -0.0164 e. The van der Waals surface area contributed by atoms with Gasteiger partial charge in [0.05, 0.1) is 0 Å². The summed E-state index contributed by atoms with van der Waals surface area (Å²) in [7, 11) is 0. The third-order valence-electron chi connectivity index (χ3n) is 2.08. The van der Waals surface area contributed by atoms with E-state index in [0.717, 1.165) is 6.42 Å². The molecule has 0 heteroatoms. The van der Waals surface area contributed by atoms with E-state index in [-0.39, 0.29) is 0 Å². The molecule has 14 heavy (non-hydrogen) atoms. The summed E-state index contributed by atoms with van der Waals surface area (Å²) in [4.78, 5) is 0. The van der Waals surface area contributed by atoms with Gasteiger partial charge in [-0.3, -0.25) is 0 Å². The highest BCUT2D eigenvalue weighted by atomic mass is 13.9. The lowest BCUT2D eigenvalue weighted by molar-refractivity contribution is 0.958. The molecule has 0 aromatic rings. The summed E-state index contributed by atoms with van der Waals surface area (Å²) in [5, 5.41) is 0. The lowest BCUT2D eigenvalue weighted by Gasteiger charge is -1.97. The topological polar surface area (TPSA) is 0 Å². The van der Waals surface area contributed by atoms with E-state index in [0.29, 0.717) is 0 Å². The fourth-order valence-corrected chi connectivity index (χ4v) is 1.19. The molecule has 0 saturated carbocycles. The van der Waals surface area contributed by atoms with Crippen LogP contribution < -0.4 is 0 Å². The number of hydrogen-bond acceptors (Lipinski definition) is 0. The molecule has 0 amide bonds. The molecule has 0 nitrogen and oxygen atoms in total. The van der Waals surface area contributed by atoms with Gasteiger partial charge in [-0.25, -0.2) is 0 Å². The van der Waals surface area contributed by atoms with Gasteiger partial charge in [0.15, 0.2) is 0 Å². The van der Waals surface area contributed by atoms with Crippen molar-refractivity contribution in [2.24, 2.45) is 0 Å². The molecule has 0 aliphatic heterocycles. The summed E-state index contributed by atoms with van der Waals surface area (Å²) >= 11 is 0. The van der Waals surface area contributed by atoms with Gasteiger partial charge < -0.3 is 0 Å². The Labute approximate surface area is 89.4 Å². The number of rotatable bonds is 5. The van der Waals surface area contributed by atoms with Gasteiger partial charge in [-0.05, 0) is 53.9 Å². The molecule has 0 fully saturated rings. The minimum Gasteiger partial charge on any atom is -0.0856 e. The van der Waals surface area contributed by atoms with Crippen LogP contribution in [0.3, 0.4) is 0 Å². The molecule has 0 atom stereocenters. The van der Waals surface area contributed by atoms with Crippen LogP contribution in [0.15, 0.2) is 34.9 Å². The predicted octanol–water partition coefficient (Wildman–Crippen LogP) is 5.04. The van der Waals surface area contributed by atoms with Crippen LogP contribution in [-0.2, 0) is 0 Å². The number of hydrogen-bond donors (Lipinski definition) is 0. The molecule has 0 aromatic carbocycles. The lowest BCUT2D eigenvalue weighted by atomic mass is 10.1. The fourth-order valence-electron chi connectivity index (χ4n) is 1.19. The van der Waals surface area contributed by atoms with Gasteiger partial charge >= 0.3 is 0 Å². The summed E-state index contributed by atoms with van der Waals surface area (Å²) in [5.41, 5.74) is 4.32. The minimum atomic E-state index is 1.09. The second kappa shape index (κ2) is 7.61. The Morgan fingerprint density at radius 3 is 1.86 bits per heavy atom. The van der Waals surface area contributed by atoms with E-state index in [1.807, 2.05) is 0 Å². The minimum absolute atomic E-state index is 1.09. The summed E-state index contributed by atoms with van der Waals surface area (Å²) in [6.07, 6.45) is 10.4. The summed E-state index contributed by atoms with van der Waals surface area (Å²) in [6, 6.07) is 0. The van der Waals surface area contributed by atoms with E-state index in [4.69, 9.17) is 0 Å². The van der Waals surface area contributed by atoms with Crippen molar-refractivity contribution in [3.8, 4) is 0 Å². The molecule has 0 aliphatic rings. The molecule has 0 aromatic heterocycles. The molecule has 0 aliphatic carbocycles. The first-order chi connectivity index (χ1) is 6.52. The van der Waals surface area contributed by atoms with Crippen molar-refractivity contribution in [1.82, 2.24) is 0 Å². The Morgan fingerprint density at radius 1 is 0.786 bits per heavy atom. The van der Waals surface area contributed by atoms with Crippen LogP contribution in [0, 0.1) is 0 Å². The van der Waals surface area contributed by atoms with Gasteiger partial charge in [0.25, 0.3) is 0 Å². The van der Waals surface area contributed by atoms with Crippen LogP contribution >= 0.6 is 0 Å². The van der Waals surface area contributed by atoms with Crippen LogP contribution in [0.1, 0.15) is 53.9 Å². The SMILES string of the molecule is CC(C)=CCC=C(C)CCC=C(C)C. The largest absolute Gasteiger partial charge is 0.0856 e. The smallest absolute Gasteiger partial charge is 0.0164 e. The van der Waals surface area contributed by atoms with Gasteiger partial charge in [0.2, 0.25) is 0 Å². The Kier molecular flexibility index (Phi) is 7.18. The molecule has 0 N–H and O–H groups in total. The van der Waals surface area contributed by atoms with Crippen molar-refractivity contribution in [3.05, 3.63) is 34.9 Å². The highest BCUT2D eigenvalue weighted by Gasteiger charge is 1.87. The number of allylic oxidation sites excluding steroid dienone is 6. The monoisotopic (exact) mass is 192 g/mol. The van der Waals surface area contributed by atoms with Crippen molar-refractivity contribution >= 4 is 0 Å². The third kappa shape index (κ3) is 9.31. The zero-order valence-corrected chi connectivity index (χ0v) is 10.4. The summed E-state index contributed by atoms with van der Waals surface area (Å²) in [5.74, 6) is 0. The van der Waals surface area contributed by atoms with E-state index in [1.165, 1.54) is 29.6 Å². The third-order valence-corrected chi connectivity index (χ3v) is 2.08. The normalized spacial score (nSPS) is 11.1. The molecule has 80 valence electrons. The maximum absolute atomic E-state index is 2.33. The first-order valence-corrected chi connectivity index (χ1v) is 5.44. The van der Waals surface area contributed by atoms with Crippen LogP contribution in [0.2, 0.25) is 0 Å². The summed E-state index contributed by atoms with van der Waals surface area (Å²) < 4.78 is 0. The van der Waals surface area contributed by atoms with E-state index in [1.54, 1.807) is 0 Å². The van der Waals surface area contributed by atoms with Crippen molar-refractivity contribution in [3.63, 3.8) is 0 Å². The zero-order valence-electron chi connectivity index (χ0n) is 10.4. The van der Waals surface area contributed by atoms with Gasteiger partial charge in [-0.15, -0.1) is 0 Å². The molecule has 0 bridgehead atoms. The fraction of sp³-hybridized carbons (Fsp3) is 0.571. The van der Waals surface area contributed by atoms with E-state index >= 15 is 0 Å². The van der Waals surface area contributed by atoms with Crippen LogP contribution in [-0.4, -0.2) is 0 Å². The molecule has 0 spiro atoms. The Bertz CT molecular complexity index is 231. The van der Waals surface area contributed by atoms with Gasteiger partial charge in [0, 0.05) is 0 Å². The van der Waals surface area contributed by atoms with Crippen molar-refractivity contribution in [2.45, 2.75) is 53.9 Å². The Hall–Kier alpha value is -0.780. The molecule has 0 heterocycles. The van der Waals surface area contributed by atoms with Crippen LogP contribution in [0.25, 0.3) is 0 Å². The molecule has 0 radical (unpaired) electrons. The molecular formula is C14H24. The standard InChI is InChI=1S/C14H24/c1-12(2)8-6-10-14(5)11-7-9-13(3)4/h8-10H,6-7,11H2,1-5H3.